The summed E-state index contributed by atoms with van der Waals surface area (Å²) in [6, 6.07) is 0. The van der Waals surface area contributed by atoms with Crippen molar-refractivity contribution in [2.45, 2.75) is 89.9 Å². The van der Waals surface area contributed by atoms with Crippen LogP contribution in [0.3, 0.4) is 0 Å². The molecular formula is C16H32N2O4. The number of carbonyl (C=O) groups excluding carboxylic acids is 2. The lowest BCUT2D eigenvalue weighted by Gasteiger charge is -2.05. The highest BCUT2D eigenvalue weighted by Gasteiger charge is 2.01. The van der Waals surface area contributed by atoms with Gasteiger partial charge in [0.25, 0.3) is 0 Å². The zero-order chi connectivity index (χ0) is 16.5. The van der Waals surface area contributed by atoms with Gasteiger partial charge in [0.1, 0.15) is 0 Å². The van der Waals surface area contributed by atoms with Gasteiger partial charge < -0.3 is 9.68 Å². The van der Waals surface area contributed by atoms with Gasteiger partial charge in [-0.2, -0.15) is 11.8 Å². The molecule has 1 fully saturated rings. The molecule has 0 spiro atoms. The van der Waals surface area contributed by atoms with E-state index in [1.807, 2.05) is 0 Å². The Morgan fingerprint density at radius 2 is 0.864 bits per heavy atom. The average molecular weight is 316 g/mol. The first-order chi connectivity index (χ1) is 10.7. The van der Waals surface area contributed by atoms with Crippen LogP contribution >= 0.6 is 0 Å². The summed E-state index contributed by atoms with van der Waals surface area (Å²) in [5, 5.41) is 0. The molecule has 0 aromatic rings. The third kappa shape index (κ3) is 15.3. The molecule has 6 nitrogen and oxygen atoms in total. The van der Waals surface area contributed by atoms with Gasteiger partial charge in [0.2, 0.25) is 0 Å². The lowest BCUT2D eigenvalue weighted by molar-refractivity contribution is -0.145. The zero-order valence-electron chi connectivity index (χ0n) is 13.7. The second-order valence-electron chi connectivity index (χ2n) is 5.72. The monoisotopic (exact) mass is 316 g/mol. The number of nitrogens with two attached hydrogens (primary N) is 2. The third-order valence-electron chi connectivity index (χ3n) is 3.77. The summed E-state index contributed by atoms with van der Waals surface area (Å²) in [5.41, 5.74) is 0. The summed E-state index contributed by atoms with van der Waals surface area (Å²) in [4.78, 5) is 29.4. The Balaban J connectivity index is 0.000000604. The van der Waals surface area contributed by atoms with Gasteiger partial charge in [-0.1, -0.05) is 64.2 Å². The van der Waals surface area contributed by atoms with Gasteiger partial charge in [-0.05, 0) is 12.8 Å². The number of hydrogen-bond acceptors (Lipinski definition) is 6. The zero-order valence-corrected chi connectivity index (χ0v) is 13.7. The number of hydrogen-bond donors (Lipinski definition) is 2. The summed E-state index contributed by atoms with van der Waals surface area (Å²) in [6.45, 7) is 0. The molecule has 1 aliphatic carbocycles. The Morgan fingerprint density at radius 3 is 1.14 bits per heavy atom. The Bertz CT molecular complexity index is 248. The largest absolute Gasteiger partial charge is 0.373 e. The highest BCUT2D eigenvalue weighted by Crippen LogP contribution is 2.15. The van der Waals surface area contributed by atoms with Crippen molar-refractivity contribution < 1.29 is 19.3 Å². The van der Waals surface area contributed by atoms with Gasteiger partial charge in [-0.15, -0.1) is 0 Å². The van der Waals surface area contributed by atoms with E-state index in [1.165, 1.54) is 38.5 Å². The fourth-order valence-electron chi connectivity index (χ4n) is 2.42. The minimum Gasteiger partial charge on any atom is -0.373 e. The molecule has 0 bridgehead atoms. The van der Waals surface area contributed by atoms with Crippen molar-refractivity contribution in [1.82, 2.24) is 0 Å². The van der Waals surface area contributed by atoms with Crippen LogP contribution in [0.15, 0.2) is 0 Å². The minimum absolute atomic E-state index is 0.370. The first-order valence-corrected chi connectivity index (χ1v) is 8.50. The lowest BCUT2D eigenvalue weighted by Crippen LogP contribution is -2.09. The molecule has 0 aliphatic heterocycles. The minimum atomic E-state index is -0.370. The molecular weight excluding hydrogens is 284 g/mol. The van der Waals surface area contributed by atoms with Crippen LogP contribution in [0.5, 0.6) is 0 Å². The molecule has 0 aromatic heterocycles. The van der Waals surface area contributed by atoms with Gasteiger partial charge in [0.15, 0.2) is 0 Å². The maximum atomic E-state index is 10.6. The summed E-state index contributed by atoms with van der Waals surface area (Å²) in [6.07, 6.45) is 15.3. The number of rotatable bonds is 9. The summed E-state index contributed by atoms with van der Waals surface area (Å²) in [5.74, 6) is 8.64. The molecule has 0 atom stereocenters. The predicted molar refractivity (Wildman–Crippen MR) is 85.2 cm³/mol. The highest BCUT2D eigenvalue weighted by molar-refractivity contribution is 5.69. The van der Waals surface area contributed by atoms with Crippen molar-refractivity contribution >= 4 is 11.9 Å². The Morgan fingerprint density at radius 1 is 0.591 bits per heavy atom. The molecule has 0 amide bonds. The van der Waals surface area contributed by atoms with Gasteiger partial charge in [0.05, 0.1) is 0 Å². The van der Waals surface area contributed by atoms with Crippen molar-refractivity contribution in [2.75, 3.05) is 0 Å². The second kappa shape index (κ2) is 16.2. The normalized spacial score (nSPS) is 13.7. The molecule has 1 saturated carbocycles. The van der Waals surface area contributed by atoms with E-state index in [0.29, 0.717) is 12.8 Å². The Kier molecular flexibility index (Phi) is 15.4. The van der Waals surface area contributed by atoms with Crippen molar-refractivity contribution in [3.8, 4) is 0 Å². The van der Waals surface area contributed by atoms with E-state index in [-0.39, 0.29) is 11.9 Å². The predicted octanol–water partition coefficient (Wildman–Crippen LogP) is 3.28. The lowest BCUT2D eigenvalue weighted by atomic mass is 10.0. The SMILES string of the molecule is C1CCCCC1.NOC(=O)CCCCCCCCC(=O)ON. The van der Waals surface area contributed by atoms with Crippen LogP contribution in [0.4, 0.5) is 0 Å². The molecule has 22 heavy (non-hydrogen) atoms. The highest BCUT2D eigenvalue weighted by atomic mass is 16.7. The smallest absolute Gasteiger partial charge is 0.324 e. The molecule has 130 valence electrons. The number of unbranched alkanes of at least 4 members (excludes halogenated alkanes) is 5. The molecule has 0 saturated heterocycles. The fraction of sp³-hybridized carbons (Fsp3) is 0.875. The van der Waals surface area contributed by atoms with Crippen LogP contribution in [0.2, 0.25) is 0 Å². The van der Waals surface area contributed by atoms with Gasteiger partial charge in [-0.3, -0.25) is 9.59 Å². The molecule has 4 N–H and O–H groups in total. The fourth-order valence-corrected chi connectivity index (χ4v) is 2.42. The molecule has 0 unspecified atom stereocenters. The maximum Gasteiger partial charge on any atom is 0.324 e. The van der Waals surface area contributed by atoms with Crippen LogP contribution in [-0.2, 0) is 19.3 Å². The molecule has 0 heterocycles. The van der Waals surface area contributed by atoms with Crippen LogP contribution in [0, 0.1) is 0 Å². The molecule has 6 heteroatoms. The van der Waals surface area contributed by atoms with E-state index in [9.17, 15) is 9.59 Å². The van der Waals surface area contributed by atoms with Crippen molar-refractivity contribution in [2.24, 2.45) is 11.8 Å². The van der Waals surface area contributed by atoms with Crippen molar-refractivity contribution in [1.29, 1.82) is 0 Å². The second-order valence-corrected chi connectivity index (χ2v) is 5.72. The van der Waals surface area contributed by atoms with Gasteiger partial charge in [0, 0.05) is 12.8 Å². The molecule has 1 rings (SSSR count). The third-order valence-corrected chi connectivity index (χ3v) is 3.77. The number of carbonyl (C=O) groups is 2. The molecule has 0 aromatic carbocycles. The van der Waals surface area contributed by atoms with E-state index < -0.39 is 0 Å². The van der Waals surface area contributed by atoms with Gasteiger partial charge in [-0.25, -0.2) is 0 Å². The van der Waals surface area contributed by atoms with E-state index in [2.05, 4.69) is 9.68 Å². The topological polar surface area (TPSA) is 105 Å². The Labute approximate surface area is 133 Å². The summed E-state index contributed by atoms with van der Waals surface area (Å²) < 4.78 is 0. The first-order valence-electron chi connectivity index (χ1n) is 8.50. The standard InChI is InChI=1S/C10H20N2O4.C6H12/c11-15-9(13)7-5-3-1-2-4-6-8-10(14)16-12;1-2-4-6-5-3-1/h1-8,11-12H2;1-6H2. The molecule has 0 radical (unpaired) electrons. The van der Waals surface area contributed by atoms with Crippen molar-refractivity contribution in [3.63, 3.8) is 0 Å². The molecule has 1 aliphatic rings. The quantitative estimate of drug-likeness (QED) is 0.499. The van der Waals surface area contributed by atoms with Gasteiger partial charge >= 0.3 is 11.9 Å². The van der Waals surface area contributed by atoms with Crippen LogP contribution < -0.4 is 11.8 Å². The van der Waals surface area contributed by atoms with E-state index in [1.54, 1.807) is 0 Å². The van der Waals surface area contributed by atoms with E-state index in [4.69, 9.17) is 11.8 Å². The Hall–Kier alpha value is -1.14. The maximum absolute atomic E-state index is 10.6. The van der Waals surface area contributed by atoms with Crippen LogP contribution in [-0.4, -0.2) is 11.9 Å². The van der Waals surface area contributed by atoms with Crippen LogP contribution in [0.1, 0.15) is 89.9 Å². The summed E-state index contributed by atoms with van der Waals surface area (Å²) in [7, 11) is 0. The summed E-state index contributed by atoms with van der Waals surface area (Å²) >= 11 is 0. The van der Waals surface area contributed by atoms with Crippen molar-refractivity contribution in [3.05, 3.63) is 0 Å². The van der Waals surface area contributed by atoms with E-state index >= 15 is 0 Å². The van der Waals surface area contributed by atoms with E-state index in [0.717, 1.165) is 38.5 Å². The average Bonchev–Trinajstić information content (AvgIpc) is 2.58. The van der Waals surface area contributed by atoms with Crippen LogP contribution in [0.25, 0.3) is 0 Å². The first kappa shape index (κ1) is 20.9.